The third-order valence-corrected chi connectivity index (χ3v) is 5.58. The number of nitrogens with two attached hydrogens (primary N) is 1. The maximum absolute atomic E-state index is 11.8. The number of primary amides is 1. The van der Waals surface area contributed by atoms with Gasteiger partial charge in [-0.25, -0.2) is 4.98 Å². The van der Waals surface area contributed by atoms with Gasteiger partial charge in [-0.3, -0.25) is 9.59 Å². The lowest BCUT2D eigenvalue weighted by Gasteiger charge is -2.32. The Labute approximate surface area is 165 Å². The number of rotatable bonds is 6. The molecule has 2 heterocycles. The van der Waals surface area contributed by atoms with Crippen LogP contribution in [0.2, 0.25) is 0 Å². The Kier molecular flexibility index (Phi) is 6.66. The summed E-state index contributed by atoms with van der Waals surface area (Å²) in [5.74, 6) is 0.495. The molecule has 2 amide bonds. The molecule has 9 nitrogen and oxygen atoms in total. The number of likely N-dealkylation sites (tertiary alicyclic amines) is 1. The van der Waals surface area contributed by atoms with E-state index in [0.717, 1.165) is 51.6 Å². The van der Waals surface area contributed by atoms with Crippen LogP contribution in [0.15, 0.2) is 6.20 Å². The first-order chi connectivity index (χ1) is 13.5. The predicted molar refractivity (Wildman–Crippen MR) is 106 cm³/mol. The van der Waals surface area contributed by atoms with Crippen LogP contribution in [-0.4, -0.2) is 63.1 Å². The number of piperidine rings is 1. The lowest BCUT2D eigenvalue weighted by molar-refractivity contribution is -0.131. The SMILES string of the molecule is CCC(=O)N1CCC(Nc2ncc(C(N)=O)c(N[C@H]3CC[C@H](O)CC3)n2)CC1. The van der Waals surface area contributed by atoms with Gasteiger partial charge in [0.2, 0.25) is 11.9 Å². The van der Waals surface area contributed by atoms with Crippen LogP contribution >= 0.6 is 0 Å². The van der Waals surface area contributed by atoms with Crippen LogP contribution in [-0.2, 0) is 4.79 Å². The second kappa shape index (κ2) is 9.18. The largest absolute Gasteiger partial charge is 0.393 e. The van der Waals surface area contributed by atoms with Gasteiger partial charge in [-0.15, -0.1) is 0 Å². The van der Waals surface area contributed by atoms with Crippen LogP contribution in [0.4, 0.5) is 11.8 Å². The number of carbonyl (C=O) groups excluding carboxylic acids is 2. The molecule has 0 atom stereocenters. The third kappa shape index (κ3) is 5.09. The molecule has 2 aliphatic rings. The summed E-state index contributed by atoms with van der Waals surface area (Å²) in [6, 6.07) is 0.325. The number of anilines is 2. The molecule has 154 valence electrons. The maximum Gasteiger partial charge on any atom is 0.254 e. The van der Waals surface area contributed by atoms with Crippen molar-refractivity contribution in [2.24, 2.45) is 5.73 Å². The second-order valence-electron chi connectivity index (χ2n) is 7.62. The Balaban J connectivity index is 1.64. The summed E-state index contributed by atoms with van der Waals surface area (Å²) in [6.07, 6.45) is 6.49. The zero-order chi connectivity index (χ0) is 20.1. The van der Waals surface area contributed by atoms with E-state index in [0.29, 0.717) is 18.2 Å². The topological polar surface area (TPSA) is 133 Å². The van der Waals surface area contributed by atoms with Crippen molar-refractivity contribution in [2.45, 2.75) is 70.1 Å². The summed E-state index contributed by atoms with van der Waals surface area (Å²) in [5, 5.41) is 16.3. The number of nitrogens with zero attached hydrogens (tertiary/aromatic N) is 3. The summed E-state index contributed by atoms with van der Waals surface area (Å²) < 4.78 is 0. The van der Waals surface area contributed by atoms with Crippen molar-refractivity contribution >= 4 is 23.6 Å². The number of aliphatic hydroxyl groups is 1. The van der Waals surface area contributed by atoms with E-state index in [1.807, 2.05) is 11.8 Å². The summed E-state index contributed by atoms with van der Waals surface area (Å²) in [6.45, 7) is 3.32. The first-order valence-electron chi connectivity index (χ1n) is 10.1. The standard InChI is InChI=1S/C19H30N6O3/c1-2-16(27)25-9-7-13(8-10-25)23-19-21-11-15(17(20)28)18(24-19)22-12-3-5-14(26)6-4-12/h11-14,26H,2-10H2,1H3,(H2,20,28)(H2,21,22,23,24)/t12-,14-. The number of hydrogen-bond donors (Lipinski definition) is 4. The first-order valence-corrected chi connectivity index (χ1v) is 10.1. The Hall–Kier alpha value is -2.42. The van der Waals surface area contributed by atoms with Crippen LogP contribution in [0.1, 0.15) is 62.2 Å². The van der Waals surface area contributed by atoms with Gasteiger partial charge in [-0.1, -0.05) is 6.92 Å². The van der Waals surface area contributed by atoms with Crippen LogP contribution in [0, 0.1) is 0 Å². The zero-order valence-corrected chi connectivity index (χ0v) is 16.4. The fraction of sp³-hybridized carbons (Fsp3) is 0.684. The van der Waals surface area contributed by atoms with E-state index in [1.54, 1.807) is 0 Å². The molecule has 9 heteroatoms. The molecule has 0 spiro atoms. The summed E-state index contributed by atoms with van der Waals surface area (Å²) in [7, 11) is 0. The van der Waals surface area contributed by atoms with Crippen molar-refractivity contribution in [3.05, 3.63) is 11.8 Å². The van der Waals surface area contributed by atoms with Gasteiger partial charge in [-0.2, -0.15) is 4.98 Å². The van der Waals surface area contributed by atoms with Gasteiger partial charge < -0.3 is 26.4 Å². The average Bonchev–Trinajstić information content (AvgIpc) is 2.69. The minimum absolute atomic E-state index is 0.146. The number of amides is 2. The number of hydrogen-bond acceptors (Lipinski definition) is 7. The molecule has 2 fully saturated rings. The van der Waals surface area contributed by atoms with Crippen molar-refractivity contribution in [2.75, 3.05) is 23.7 Å². The van der Waals surface area contributed by atoms with Crippen molar-refractivity contribution in [3.8, 4) is 0 Å². The van der Waals surface area contributed by atoms with Gasteiger partial charge in [-0.05, 0) is 38.5 Å². The smallest absolute Gasteiger partial charge is 0.254 e. The van der Waals surface area contributed by atoms with E-state index in [4.69, 9.17) is 5.73 Å². The highest BCUT2D eigenvalue weighted by molar-refractivity contribution is 5.97. The van der Waals surface area contributed by atoms with Crippen molar-refractivity contribution in [3.63, 3.8) is 0 Å². The molecule has 1 saturated carbocycles. The molecule has 0 bridgehead atoms. The Morgan fingerprint density at radius 3 is 2.39 bits per heavy atom. The molecule has 5 N–H and O–H groups in total. The van der Waals surface area contributed by atoms with E-state index in [9.17, 15) is 14.7 Å². The Morgan fingerprint density at radius 1 is 1.14 bits per heavy atom. The van der Waals surface area contributed by atoms with Crippen molar-refractivity contribution in [1.29, 1.82) is 0 Å². The first kappa shape index (κ1) is 20.3. The summed E-state index contributed by atoms with van der Waals surface area (Å²) in [5.41, 5.74) is 5.74. The molecule has 28 heavy (non-hydrogen) atoms. The fourth-order valence-corrected chi connectivity index (χ4v) is 3.83. The molecule has 1 aliphatic heterocycles. The number of carbonyl (C=O) groups is 2. The van der Waals surface area contributed by atoms with Gasteiger partial charge in [0.1, 0.15) is 5.82 Å². The highest BCUT2D eigenvalue weighted by atomic mass is 16.3. The van der Waals surface area contributed by atoms with Gasteiger partial charge in [0.25, 0.3) is 5.91 Å². The van der Waals surface area contributed by atoms with Gasteiger partial charge in [0.15, 0.2) is 0 Å². The summed E-state index contributed by atoms with van der Waals surface area (Å²) >= 11 is 0. The van der Waals surface area contributed by atoms with Crippen LogP contribution in [0.25, 0.3) is 0 Å². The fourth-order valence-electron chi connectivity index (χ4n) is 3.83. The predicted octanol–water partition coefficient (Wildman–Crippen LogP) is 1.10. The van der Waals surface area contributed by atoms with Crippen molar-refractivity contribution in [1.82, 2.24) is 14.9 Å². The summed E-state index contributed by atoms with van der Waals surface area (Å²) in [4.78, 5) is 34.2. The number of nitrogens with one attached hydrogen (secondary N) is 2. The highest BCUT2D eigenvalue weighted by Gasteiger charge is 2.24. The molecule has 1 saturated heterocycles. The maximum atomic E-state index is 11.8. The van der Waals surface area contributed by atoms with Crippen molar-refractivity contribution < 1.29 is 14.7 Å². The lowest BCUT2D eigenvalue weighted by Crippen LogP contribution is -2.42. The van der Waals surface area contributed by atoms with Gasteiger partial charge >= 0.3 is 0 Å². The van der Waals surface area contributed by atoms with Crippen LogP contribution < -0.4 is 16.4 Å². The van der Waals surface area contributed by atoms with Gasteiger partial charge in [0.05, 0.1) is 11.7 Å². The Morgan fingerprint density at radius 2 is 1.79 bits per heavy atom. The molecule has 3 rings (SSSR count). The highest BCUT2D eigenvalue weighted by Crippen LogP contribution is 2.24. The minimum Gasteiger partial charge on any atom is -0.393 e. The van der Waals surface area contributed by atoms with E-state index < -0.39 is 5.91 Å². The second-order valence-corrected chi connectivity index (χ2v) is 7.62. The van der Waals surface area contributed by atoms with E-state index >= 15 is 0 Å². The minimum atomic E-state index is -0.573. The third-order valence-electron chi connectivity index (χ3n) is 5.58. The molecule has 0 radical (unpaired) electrons. The zero-order valence-electron chi connectivity index (χ0n) is 16.4. The quantitative estimate of drug-likeness (QED) is 0.571. The molecule has 1 aromatic rings. The average molecular weight is 390 g/mol. The Bertz CT molecular complexity index is 697. The normalized spacial score (nSPS) is 23.3. The molecule has 0 aromatic carbocycles. The van der Waals surface area contributed by atoms with E-state index in [2.05, 4.69) is 20.6 Å². The molecular weight excluding hydrogens is 360 g/mol. The van der Waals surface area contributed by atoms with E-state index in [1.165, 1.54) is 6.20 Å². The molecule has 1 aromatic heterocycles. The number of aromatic nitrogens is 2. The van der Waals surface area contributed by atoms with Gasteiger partial charge in [0, 0.05) is 37.8 Å². The number of aliphatic hydroxyl groups excluding tert-OH is 1. The van der Waals surface area contributed by atoms with E-state index in [-0.39, 0.29) is 29.7 Å². The monoisotopic (exact) mass is 390 g/mol. The molecule has 1 aliphatic carbocycles. The molecule has 0 unspecified atom stereocenters. The molecular formula is C19H30N6O3. The van der Waals surface area contributed by atoms with Crippen LogP contribution in [0.5, 0.6) is 0 Å². The lowest BCUT2D eigenvalue weighted by atomic mass is 9.93. The van der Waals surface area contributed by atoms with Crippen LogP contribution in [0.3, 0.4) is 0 Å².